The van der Waals surface area contributed by atoms with Crippen LogP contribution in [0.1, 0.15) is 50.7 Å². The second-order valence-corrected chi connectivity index (χ2v) is 8.94. The highest BCUT2D eigenvalue weighted by Gasteiger charge is 2.27. The molecule has 1 aliphatic heterocycles. The molecule has 1 aromatic carbocycles. The Morgan fingerprint density at radius 2 is 1.73 bits per heavy atom. The van der Waals surface area contributed by atoms with Gasteiger partial charge in [0.2, 0.25) is 15.9 Å². The Kier molecular flexibility index (Phi) is 5.82. The van der Waals surface area contributed by atoms with Gasteiger partial charge in [-0.25, -0.2) is 8.42 Å². The van der Waals surface area contributed by atoms with Crippen LogP contribution in [-0.4, -0.2) is 49.7 Å². The second kappa shape index (κ2) is 7.92. The Morgan fingerprint density at radius 3 is 2.35 bits per heavy atom. The molecule has 26 heavy (non-hydrogen) atoms. The molecule has 0 radical (unpaired) electrons. The van der Waals surface area contributed by atoms with Crippen LogP contribution in [0.4, 0.5) is 0 Å². The summed E-state index contributed by atoms with van der Waals surface area (Å²) in [7, 11) is -3.46. The molecular weight excluding hydrogens is 348 g/mol. The van der Waals surface area contributed by atoms with Crippen LogP contribution in [0, 0.1) is 0 Å². The van der Waals surface area contributed by atoms with Crippen molar-refractivity contribution in [3.05, 3.63) is 34.9 Å². The first-order chi connectivity index (χ1) is 12.5. The van der Waals surface area contributed by atoms with Crippen molar-refractivity contribution in [2.24, 2.45) is 0 Å². The number of rotatable bonds is 5. The van der Waals surface area contributed by atoms with Gasteiger partial charge in [0.05, 0.1) is 4.90 Å². The zero-order valence-electron chi connectivity index (χ0n) is 15.7. The fraction of sp³-hybridized carbons (Fsp3) is 0.550. The molecule has 2 aliphatic rings. The third-order valence-electron chi connectivity index (χ3n) is 5.36. The third kappa shape index (κ3) is 3.71. The fourth-order valence-electron chi connectivity index (χ4n) is 3.76. The topological polar surface area (TPSA) is 57.7 Å². The lowest BCUT2D eigenvalue weighted by molar-refractivity contribution is -0.126. The van der Waals surface area contributed by atoms with Crippen molar-refractivity contribution >= 4 is 22.0 Å². The monoisotopic (exact) mass is 376 g/mol. The summed E-state index contributed by atoms with van der Waals surface area (Å²) < 4.78 is 27.6. The first-order valence-corrected chi connectivity index (χ1v) is 11.0. The van der Waals surface area contributed by atoms with Gasteiger partial charge in [0, 0.05) is 38.2 Å². The number of carbonyl (C=O) groups is 1. The van der Waals surface area contributed by atoms with Gasteiger partial charge in [-0.15, -0.1) is 0 Å². The van der Waals surface area contributed by atoms with E-state index in [1.54, 1.807) is 21.3 Å². The molecular formula is C20H28N2O3S. The van der Waals surface area contributed by atoms with Crippen molar-refractivity contribution in [3.63, 3.8) is 0 Å². The minimum Gasteiger partial charge on any atom is -0.339 e. The first kappa shape index (κ1) is 19.1. The summed E-state index contributed by atoms with van der Waals surface area (Å²) in [5.74, 6) is 0.0446. The number of hydrogen-bond acceptors (Lipinski definition) is 3. The molecule has 0 N–H and O–H groups in total. The molecule has 0 atom stereocenters. The highest BCUT2D eigenvalue weighted by Crippen LogP contribution is 2.30. The Bertz CT molecular complexity index is 802. The Labute approximate surface area is 156 Å². The molecule has 0 bridgehead atoms. The fourth-order valence-corrected chi connectivity index (χ4v) is 5.31. The molecule has 1 amide bonds. The standard InChI is InChI=1S/C20H28N2O3S/c1-3-21(4-2)20(23)18-13-16-9-10-19(15-17(16)14-18)26(24,25)22-11-7-5-6-8-12-22/h9-10,14-15H,3-8,11-13H2,1-2H3. The summed E-state index contributed by atoms with van der Waals surface area (Å²) >= 11 is 0. The predicted octanol–water partition coefficient (Wildman–Crippen LogP) is 3.06. The summed E-state index contributed by atoms with van der Waals surface area (Å²) in [6.45, 7) is 6.49. The summed E-state index contributed by atoms with van der Waals surface area (Å²) in [5, 5.41) is 0. The van der Waals surface area contributed by atoms with E-state index in [2.05, 4.69) is 0 Å². The van der Waals surface area contributed by atoms with Crippen molar-refractivity contribution < 1.29 is 13.2 Å². The minimum atomic E-state index is -3.46. The van der Waals surface area contributed by atoms with Gasteiger partial charge < -0.3 is 4.90 Å². The number of amides is 1. The molecule has 1 fully saturated rings. The van der Waals surface area contributed by atoms with Crippen LogP contribution >= 0.6 is 0 Å². The number of carbonyl (C=O) groups excluding carboxylic acids is 1. The van der Waals surface area contributed by atoms with Crippen LogP contribution < -0.4 is 0 Å². The Hall–Kier alpha value is -1.66. The zero-order chi connectivity index (χ0) is 18.7. The average molecular weight is 377 g/mol. The van der Waals surface area contributed by atoms with E-state index in [1.807, 2.05) is 26.0 Å². The molecule has 0 spiro atoms. The van der Waals surface area contributed by atoms with E-state index < -0.39 is 10.0 Å². The Balaban J connectivity index is 1.86. The summed E-state index contributed by atoms with van der Waals surface area (Å²) in [5.41, 5.74) is 2.62. The molecule has 0 saturated carbocycles. The quantitative estimate of drug-likeness (QED) is 0.794. The smallest absolute Gasteiger partial charge is 0.250 e. The van der Waals surface area contributed by atoms with Crippen molar-refractivity contribution in [2.45, 2.75) is 50.8 Å². The highest BCUT2D eigenvalue weighted by molar-refractivity contribution is 7.89. The molecule has 5 nitrogen and oxygen atoms in total. The molecule has 6 heteroatoms. The van der Waals surface area contributed by atoms with Crippen LogP contribution in [-0.2, 0) is 21.2 Å². The van der Waals surface area contributed by atoms with E-state index in [1.165, 1.54) is 0 Å². The van der Waals surface area contributed by atoms with Crippen molar-refractivity contribution in [1.82, 2.24) is 9.21 Å². The SMILES string of the molecule is CCN(CC)C(=O)C1=Cc2cc(S(=O)(=O)N3CCCCCC3)ccc2C1. The second-order valence-electron chi connectivity index (χ2n) is 7.00. The van der Waals surface area contributed by atoms with Crippen LogP contribution in [0.3, 0.4) is 0 Å². The molecule has 1 aliphatic carbocycles. The molecule has 0 aromatic heterocycles. The summed E-state index contributed by atoms with van der Waals surface area (Å²) in [6, 6.07) is 5.29. The maximum Gasteiger partial charge on any atom is 0.250 e. The van der Waals surface area contributed by atoms with E-state index in [9.17, 15) is 13.2 Å². The van der Waals surface area contributed by atoms with Gasteiger partial charge in [0.25, 0.3) is 0 Å². The highest BCUT2D eigenvalue weighted by atomic mass is 32.2. The van der Waals surface area contributed by atoms with Gasteiger partial charge >= 0.3 is 0 Å². The van der Waals surface area contributed by atoms with E-state index in [0.717, 1.165) is 42.4 Å². The van der Waals surface area contributed by atoms with Gasteiger partial charge in [0.15, 0.2) is 0 Å². The molecule has 142 valence electrons. The molecule has 1 heterocycles. The number of benzene rings is 1. The lowest BCUT2D eigenvalue weighted by atomic mass is 10.1. The van der Waals surface area contributed by atoms with Gasteiger partial charge in [-0.2, -0.15) is 4.31 Å². The van der Waals surface area contributed by atoms with Crippen molar-refractivity contribution in [3.8, 4) is 0 Å². The Morgan fingerprint density at radius 1 is 1.08 bits per heavy atom. The number of hydrogen-bond donors (Lipinski definition) is 0. The van der Waals surface area contributed by atoms with Crippen molar-refractivity contribution in [2.75, 3.05) is 26.2 Å². The first-order valence-electron chi connectivity index (χ1n) is 9.60. The molecule has 1 saturated heterocycles. The normalized spacial score (nSPS) is 18.2. The number of fused-ring (bicyclic) bond motifs is 1. The summed E-state index contributed by atoms with van der Waals surface area (Å²) in [6.07, 6.45) is 6.47. The molecule has 0 unspecified atom stereocenters. The lowest BCUT2D eigenvalue weighted by Gasteiger charge is -2.20. The van der Waals surface area contributed by atoms with E-state index in [4.69, 9.17) is 0 Å². The van der Waals surface area contributed by atoms with Gasteiger partial charge in [-0.1, -0.05) is 18.9 Å². The largest absolute Gasteiger partial charge is 0.339 e. The zero-order valence-corrected chi connectivity index (χ0v) is 16.5. The van der Waals surface area contributed by atoms with Gasteiger partial charge in [-0.05, 0) is 56.0 Å². The molecule has 1 aromatic rings. The van der Waals surface area contributed by atoms with Crippen LogP contribution in [0.15, 0.2) is 28.7 Å². The molecule has 3 rings (SSSR count). The average Bonchev–Trinajstić information content (AvgIpc) is 2.86. The third-order valence-corrected chi connectivity index (χ3v) is 7.25. The predicted molar refractivity (Wildman–Crippen MR) is 103 cm³/mol. The van der Waals surface area contributed by atoms with Crippen LogP contribution in [0.5, 0.6) is 0 Å². The summed E-state index contributed by atoms with van der Waals surface area (Å²) in [4.78, 5) is 14.7. The lowest BCUT2D eigenvalue weighted by Crippen LogP contribution is -2.32. The van der Waals surface area contributed by atoms with Crippen molar-refractivity contribution in [1.29, 1.82) is 0 Å². The number of nitrogens with zero attached hydrogens (tertiary/aromatic N) is 2. The maximum atomic E-state index is 13.0. The van der Waals surface area contributed by atoms with Gasteiger partial charge in [0.1, 0.15) is 0 Å². The van der Waals surface area contributed by atoms with Crippen LogP contribution in [0.25, 0.3) is 6.08 Å². The maximum absolute atomic E-state index is 13.0. The van der Waals surface area contributed by atoms with E-state index in [0.29, 0.717) is 37.5 Å². The van der Waals surface area contributed by atoms with E-state index >= 15 is 0 Å². The van der Waals surface area contributed by atoms with Gasteiger partial charge in [-0.3, -0.25) is 4.79 Å². The number of likely N-dealkylation sites (N-methyl/N-ethyl adjacent to an activating group) is 1. The number of sulfonamides is 1. The van der Waals surface area contributed by atoms with E-state index in [-0.39, 0.29) is 5.91 Å². The minimum absolute atomic E-state index is 0.0446. The van der Waals surface area contributed by atoms with Crippen LogP contribution in [0.2, 0.25) is 0 Å².